The summed E-state index contributed by atoms with van der Waals surface area (Å²) in [7, 11) is 1.59. The average Bonchev–Trinajstić information content (AvgIpc) is 2.87. The number of ketones is 1. The molecule has 0 saturated heterocycles. The fraction of sp³-hybridized carbons (Fsp3) is 0.412. The lowest BCUT2D eigenvalue weighted by Gasteiger charge is -2.15. The zero-order valence-electron chi connectivity index (χ0n) is 15.1. The summed E-state index contributed by atoms with van der Waals surface area (Å²) in [6.45, 7) is 0.993. The van der Waals surface area contributed by atoms with E-state index in [-0.39, 0.29) is 17.8 Å². The molecule has 0 N–H and O–H groups in total. The largest absolute Gasteiger partial charge is 0.456 e. The summed E-state index contributed by atoms with van der Waals surface area (Å²) in [5, 5.41) is 0. The molecule has 2 heterocycles. The average molecular weight is 384 g/mol. The number of carbonyl (C=O) groups is 2. The molecule has 0 radical (unpaired) electrons. The Kier molecular flexibility index (Phi) is 6.19. The standard InChI is InChI=1S/C17H19F3N4O3/c1-11-7-13(12(2)24(11)10-17(18,19)20)14(25)9-27-15(26)8-23(3)16-21-5-4-6-22-16/h4-7H,8-10H2,1-3H3. The van der Waals surface area contributed by atoms with Gasteiger partial charge >= 0.3 is 12.1 Å². The van der Waals surface area contributed by atoms with Crippen LogP contribution in [-0.4, -0.2) is 52.7 Å². The molecule has 0 amide bonds. The van der Waals surface area contributed by atoms with E-state index in [1.807, 2.05) is 0 Å². The second kappa shape index (κ2) is 8.19. The first kappa shape index (κ1) is 20.4. The molecule has 0 aliphatic rings. The monoisotopic (exact) mass is 384 g/mol. The van der Waals surface area contributed by atoms with Crippen LogP contribution in [0.3, 0.4) is 0 Å². The van der Waals surface area contributed by atoms with E-state index >= 15 is 0 Å². The Morgan fingerprint density at radius 1 is 1.22 bits per heavy atom. The zero-order valence-corrected chi connectivity index (χ0v) is 15.1. The van der Waals surface area contributed by atoms with Crippen LogP contribution in [-0.2, 0) is 16.1 Å². The lowest BCUT2D eigenvalue weighted by Crippen LogP contribution is -2.29. The molecule has 0 aliphatic carbocycles. The number of esters is 1. The number of likely N-dealkylation sites (N-methyl/N-ethyl adjacent to an activating group) is 1. The molecule has 0 aromatic carbocycles. The van der Waals surface area contributed by atoms with Crippen molar-refractivity contribution in [1.82, 2.24) is 14.5 Å². The number of aromatic nitrogens is 3. The third kappa shape index (κ3) is 5.53. The van der Waals surface area contributed by atoms with E-state index in [1.54, 1.807) is 13.1 Å². The molecule has 0 atom stereocenters. The predicted molar refractivity (Wildman–Crippen MR) is 90.6 cm³/mol. The smallest absolute Gasteiger partial charge is 0.406 e. The molecule has 27 heavy (non-hydrogen) atoms. The molecule has 0 aliphatic heterocycles. The van der Waals surface area contributed by atoms with Gasteiger partial charge in [-0.05, 0) is 26.0 Å². The molecule has 2 aromatic rings. The van der Waals surface area contributed by atoms with Gasteiger partial charge in [0.05, 0.1) is 0 Å². The molecule has 10 heteroatoms. The summed E-state index contributed by atoms with van der Waals surface area (Å²) in [4.78, 5) is 33.5. The normalized spacial score (nSPS) is 11.3. The van der Waals surface area contributed by atoms with Crippen LogP contribution in [0.4, 0.5) is 19.1 Å². The molecule has 2 rings (SSSR count). The molecule has 0 bridgehead atoms. The molecule has 7 nitrogen and oxygen atoms in total. The number of halogens is 3. The maximum Gasteiger partial charge on any atom is 0.406 e. The van der Waals surface area contributed by atoms with Crippen LogP contribution in [0.2, 0.25) is 0 Å². The third-order valence-corrected chi connectivity index (χ3v) is 3.84. The molecular formula is C17H19F3N4O3. The van der Waals surface area contributed by atoms with Gasteiger partial charge in [0.25, 0.3) is 0 Å². The third-order valence-electron chi connectivity index (χ3n) is 3.84. The summed E-state index contributed by atoms with van der Waals surface area (Å²) >= 11 is 0. The van der Waals surface area contributed by atoms with Crippen molar-refractivity contribution >= 4 is 17.7 Å². The number of carbonyl (C=O) groups excluding carboxylic acids is 2. The van der Waals surface area contributed by atoms with Crippen LogP contribution in [0.5, 0.6) is 0 Å². The second-order valence-electron chi connectivity index (χ2n) is 5.97. The molecule has 0 unspecified atom stereocenters. The predicted octanol–water partition coefficient (Wildman–Crippen LogP) is 2.32. The van der Waals surface area contributed by atoms with Gasteiger partial charge in [-0.15, -0.1) is 0 Å². The van der Waals surface area contributed by atoms with E-state index in [0.717, 1.165) is 4.57 Å². The first-order chi connectivity index (χ1) is 12.6. The van der Waals surface area contributed by atoms with Gasteiger partial charge in [-0.3, -0.25) is 9.59 Å². The molecular weight excluding hydrogens is 365 g/mol. The number of hydrogen-bond donors (Lipinski definition) is 0. The van der Waals surface area contributed by atoms with Crippen molar-refractivity contribution in [3.8, 4) is 0 Å². The lowest BCUT2D eigenvalue weighted by molar-refractivity contribution is -0.141. The molecule has 0 saturated carbocycles. The van der Waals surface area contributed by atoms with E-state index in [1.165, 1.54) is 37.2 Å². The summed E-state index contributed by atoms with van der Waals surface area (Å²) in [6.07, 6.45) is -1.36. The highest BCUT2D eigenvalue weighted by molar-refractivity contribution is 5.99. The van der Waals surface area contributed by atoms with Gasteiger partial charge in [-0.1, -0.05) is 0 Å². The summed E-state index contributed by atoms with van der Waals surface area (Å²) in [5.41, 5.74) is 0.588. The molecule has 0 spiro atoms. The number of anilines is 1. The number of rotatable bonds is 7. The zero-order chi connectivity index (χ0) is 20.2. The minimum Gasteiger partial charge on any atom is -0.456 e. The summed E-state index contributed by atoms with van der Waals surface area (Å²) in [6, 6.07) is 2.99. The first-order valence-corrected chi connectivity index (χ1v) is 7.99. The topological polar surface area (TPSA) is 77.3 Å². The highest BCUT2D eigenvalue weighted by Crippen LogP contribution is 2.23. The Morgan fingerprint density at radius 2 is 1.85 bits per heavy atom. The number of hydrogen-bond acceptors (Lipinski definition) is 6. The van der Waals surface area contributed by atoms with Crippen LogP contribution in [0.25, 0.3) is 0 Å². The minimum atomic E-state index is -4.40. The van der Waals surface area contributed by atoms with Crippen molar-refractivity contribution in [2.45, 2.75) is 26.6 Å². The second-order valence-corrected chi connectivity index (χ2v) is 5.97. The Labute approximate surface area is 153 Å². The lowest BCUT2D eigenvalue weighted by atomic mass is 10.1. The maximum absolute atomic E-state index is 12.6. The fourth-order valence-corrected chi connectivity index (χ4v) is 2.53. The molecule has 2 aromatic heterocycles. The van der Waals surface area contributed by atoms with Crippen molar-refractivity contribution in [2.24, 2.45) is 0 Å². The number of ether oxygens (including phenoxy) is 1. The van der Waals surface area contributed by atoms with Crippen LogP contribution < -0.4 is 4.90 Å². The first-order valence-electron chi connectivity index (χ1n) is 7.99. The number of Topliss-reactive ketones (excluding diaryl/α,β-unsaturated/α-hetero) is 1. The van der Waals surface area contributed by atoms with E-state index in [4.69, 9.17) is 4.74 Å². The Bertz CT molecular complexity index is 819. The number of nitrogens with zero attached hydrogens (tertiary/aromatic N) is 4. The Hall–Kier alpha value is -2.91. The van der Waals surface area contributed by atoms with Gasteiger partial charge < -0.3 is 14.2 Å². The van der Waals surface area contributed by atoms with Crippen molar-refractivity contribution in [3.63, 3.8) is 0 Å². The van der Waals surface area contributed by atoms with Crippen LogP contribution >= 0.6 is 0 Å². The summed E-state index contributed by atoms with van der Waals surface area (Å²) < 4.78 is 43.9. The van der Waals surface area contributed by atoms with Gasteiger partial charge in [0.2, 0.25) is 11.7 Å². The number of alkyl halides is 3. The highest BCUT2D eigenvalue weighted by Gasteiger charge is 2.30. The highest BCUT2D eigenvalue weighted by atomic mass is 19.4. The van der Waals surface area contributed by atoms with Gasteiger partial charge in [0, 0.05) is 36.4 Å². The van der Waals surface area contributed by atoms with Gasteiger partial charge in [-0.25, -0.2) is 9.97 Å². The van der Waals surface area contributed by atoms with Gasteiger partial charge in [-0.2, -0.15) is 13.2 Å². The van der Waals surface area contributed by atoms with Crippen molar-refractivity contribution in [3.05, 3.63) is 41.5 Å². The van der Waals surface area contributed by atoms with Crippen molar-refractivity contribution in [1.29, 1.82) is 0 Å². The number of aryl methyl sites for hydroxylation is 1. The summed E-state index contributed by atoms with van der Waals surface area (Å²) in [5.74, 6) is -0.928. The molecule has 146 valence electrons. The quantitative estimate of drug-likeness (QED) is 0.539. The molecule has 0 fully saturated rings. The van der Waals surface area contributed by atoms with Gasteiger partial charge in [0.15, 0.2) is 6.61 Å². The fourth-order valence-electron chi connectivity index (χ4n) is 2.53. The van der Waals surface area contributed by atoms with E-state index in [0.29, 0.717) is 11.6 Å². The van der Waals surface area contributed by atoms with Crippen LogP contribution in [0.15, 0.2) is 24.5 Å². The SMILES string of the molecule is Cc1cc(C(=O)COC(=O)CN(C)c2ncccn2)c(C)n1CC(F)(F)F. The van der Waals surface area contributed by atoms with Crippen molar-refractivity contribution in [2.75, 3.05) is 25.1 Å². The van der Waals surface area contributed by atoms with Crippen LogP contribution in [0.1, 0.15) is 21.7 Å². The van der Waals surface area contributed by atoms with E-state index in [9.17, 15) is 22.8 Å². The van der Waals surface area contributed by atoms with Crippen molar-refractivity contribution < 1.29 is 27.5 Å². The maximum atomic E-state index is 12.6. The minimum absolute atomic E-state index is 0.101. The van der Waals surface area contributed by atoms with Gasteiger partial charge in [0.1, 0.15) is 13.1 Å². The van der Waals surface area contributed by atoms with Crippen LogP contribution in [0, 0.1) is 13.8 Å². The van der Waals surface area contributed by atoms with E-state index in [2.05, 4.69) is 9.97 Å². The Balaban J connectivity index is 1.96. The Morgan fingerprint density at radius 3 is 2.44 bits per heavy atom. The van der Waals surface area contributed by atoms with E-state index < -0.39 is 31.1 Å².